The topological polar surface area (TPSA) is 140 Å². The molecule has 0 radical (unpaired) electrons. The van der Waals surface area contributed by atoms with Crippen LogP contribution in [0.4, 0.5) is 5.69 Å². The summed E-state index contributed by atoms with van der Waals surface area (Å²) in [5.41, 5.74) is -0.166. The molecule has 0 saturated carbocycles. The van der Waals surface area contributed by atoms with E-state index in [0.29, 0.717) is 0 Å². The van der Waals surface area contributed by atoms with E-state index in [-0.39, 0.29) is 41.4 Å². The SMILES string of the molecule is COC(=O)C1=C(C(=O)OC)N(c2ccc(CC(=O)O)c(C(=O)O)c2)COC1. The minimum absolute atomic E-state index is 0.0814. The van der Waals surface area contributed by atoms with Gasteiger partial charge in [-0.15, -0.1) is 0 Å². The van der Waals surface area contributed by atoms with Gasteiger partial charge in [-0.25, -0.2) is 14.4 Å². The monoisotopic (exact) mass is 379 g/mol. The van der Waals surface area contributed by atoms with E-state index in [1.54, 1.807) is 0 Å². The minimum atomic E-state index is -1.33. The number of anilines is 1. The van der Waals surface area contributed by atoms with E-state index in [0.717, 1.165) is 14.2 Å². The molecule has 1 heterocycles. The van der Waals surface area contributed by atoms with Crippen LogP contribution in [0.2, 0.25) is 0 Å². The summed E-state index contributed by atoms with van der Waals surface area (Å²) in [5.74, 6) is -4.14. The highest BCUT2D eigenvalue weighted by Gasteiger charge is 2.33. The van der Waals surface area contributed by atoms with Gasteiger partial charge in [0.25, 0.3) is 0 Å². The van der Waals surface area contributed by atoms with Gasteiger partial charge in [-0.1, -0.05) is 6.07 Å². The molecule has 10 heteroatoms. The Morgan fingerprint density at radius 2 is 1.78 bits per heavy atom. The molecule has 1 aromatic rings. The molecule has 0 unspecified atom stereocenters. The second kappa shape index (κ2) is 8.32. The van der Waals surface area contributed by atoms with E-state index in [1.807, 2.05) is 0 Å². The lowest BCUT2D eigenvalue weighted by molar-refractivity contribution is -0.140. The number of carboxylic acids is 2. The predicted molar refractivity (Wildman–Crippen MR) is 89.1 cm³/mol. The molecule has 1 aliphatic rings. The van der Waals surface area contributed by atoms with Crippen molar-refractivity contribution in [2.75, 3.05) is 32.5 Å². The number of nitrogens with zero attached hydrogens (tertiary/aromatic N) is 1. The second-order valence-corrected chi connectivity index (χ2v) is 5.43. The van der Waals surface area contributed by atoms with Gasteiger partial charge in [0, 0.05) is 5.69 Å². The Morgan fingerprint density at radius 1 is 1.11 bits per heavy atom. The van der Waals surface area contributed by atoms with Crippen LogP contribution in [0.5, 0.6) is 0 Å². The Balaban J connectivity index is 2.58. The van der Waals surface area contributed by atoms with E-state index in [9.17, 15) is 24.3 Å². The van der Waals surface area contributed by atoms with Crippen molar-refractivity contribution in [1.29, 1.82) is 0 Å². The summed E-state index contributed by atoms with van der Waals surface area (Å²) < 4.78 is 14.7. The smallest absolute Gasteiger partial charge is 0.355 e. The van der Waals surface area contributed by atoms with Crippen LogP contribution < -0.4 is 4.90 Å². The average molecular weight is 379 g/mol. The van der Waals surface area contributed by atoms with Crippen molar-refractivity contribution >= 4 is 29.6 Å². The maximum Gasteiger partial charge on any atom is 0.355 e. The molecular formula is C17H17NO9. The van der Waals surface area contributed by atoms with Gasteiger partial charge in [-0.2, -0.15) is 0 Å². The van der Waals surface area contributed by atoms with E-state index >= 15 is 0 Å². The van der Waals surface area contributed by atoms with E-state index in [2.05, 4.69) is 4.74 Å². The van der Waals surface area contributed by atoms with Crippen molar-refractivity contribution in [3.05, 3.63) is 40.6 Å². The number of aromatic carboxylic acids is 1. The van der Waals surface area contributed by atoms with Gasteiger partial charge in [0.1, 0.15) is 12.4 Å². The van der Waals surface area contributed by atoms with Crippen LogP contribution in [0.25, 0.3) is 0 Å². The standard InChI is InChI=1S/C17H17NO9/c1-25-16(23)12-7-27-8-18(14(12)17(24)26-2)10-4-3-9(5-13(19)20)11(6-10)15(21)22/h3-4,6H,5,7-8H2,1-2H3,(H,19,20)(H,21,22). The van der Waals surface area contributed by atoms with Gasteiger partial charge in [0.15, 0.2) is 0 Å². The molecule has 2 rings (SSSR count). The molecule has 0 aliphatic carbocycles. The number of rotatable bonds is 6. The summed E-state index contributed by atoms with van der Waals surface area (Å²) in [7, 11) is 2.28. The fourth-order valence-electron chi connectivity index (χ4n) is 2.60. The fraction of sp³-hybridized carbons (Fsp3) is 0.294. The summed E-state index contributed by atoms with van der Waals surface area (Å²) in [6.07, 6.45) is -0.481. The molecular weight excluding hydrogens is 362 g/mol. The highest BCUT2D eigenvalue weighted by molar-refractivity contribution is 6.03. The molecule has 0 amide bonds. The molecule has 1 aromatic carbocycles. The lowest BCUT2D eigenvalue weighted by atomic mass is 10.0. The first-order valence-electron chi connectivity index (χ1n) is 7.63. The van der Waals surface area contributed by atoms with Crippen molar-refractivity contribution < 1.29 is 43.6 Å². The third kappa shape index (κ3) is 4.23. The Bertz CT molecular complexity index is 828. The third-order valence-corrected chi connectivity index (χ3v) is 3.81. The summed E-state index contributed by atoms with van der Waals surface area (Å²) >= 11 is 0. The molecule has 0 atom stereocenters. The Morgan fingerprint density at radius 3 is 2.33 bits per heavy atom. The quantitative estimate of drug-likeness (QED) is 0.668. The fourth-order valence-corrected chi connectivity index (χ4v) is 2.60. The van der Waals surface area contributed by atoms with Gasteiger partial charge < -0.3 is 29.3 Å². The van der Waals surface area contributed by atoms with E-state index in [1.165, 1.54) is 23.1 Å². The van der Waals surface area contributed by atoms with Gasteiger partial charge in [0.05, 0.1) is 38.4 Å². The third-order valence-electron chi connectivity index (χ3n) is 3.81. The molecule has 27 heavy (non-hydrogen) atoms. The number of hydrogen-bond donors (Lipinski definition) is 2. The first kappa shape index (κ1) is 19.9. The molecule has 2 N–H and O–H groups in total. The summed E-state index contributed by atoms with van der Waals surface area (Å²) in [6, 6.07) is 3.96. The molecule has 10 nitrogen and oxygen atoms in total. The second-order valence-electron chi connectivity index (χ2n) is 5.43. The van der Waals surface area contributed by atoms with Crippen molar-refractivity contribution in [2.24, 2.45) is 0 Å². The maximum atomic E-state index is 12.2. The van der Waals surface area contributed by atoms with Crippen molar-refractivity contribution in [3.8, 4) is 0 Å². The largest absolute Gasteiger partial charge is 0.481 e. The Labute approximate surface area is 153 Å². The van der Waals surface area contributed by atoms with Crippen LogP contribution in [-0.4, -0.2) is 61.6 Å². The highest BCUT2D eigenvalue weighted by atomic mass is 16.5. The number of benzene rings is 1. The molecule has 0 saturated heterocycles. The lowest BCUT2D eigenvalue weighted by Gasteiger charge is -2.31. The summed E-state index contributed by atoms with van der Waals surface area (Å²) in [4.78, 5) is 47.9. The van der Waals surface area contributed by atoms with Crippen LogP contribution in [0.3, 0.4) is 0 Å². The zero-order valence-corrected chi connectivity index (χ0v) is 14.6. The first-order valence-corrected chi connectivity index (χ1v) is 7.63. The minimum Gasteiger partial charge on any atom is -0.481 e. The van der Waals surface area contributed by atoms with E-state index in [4.69, 9.17) is 14.6 Å². The lowest BCUT2D eigenvalue weighted by Crippen LogP contribution is -2.38. The van der Waals surface area contributed by atoms with Crippen molar-refractivity contribution in [1.82, 2.24) is 0 Å². The number of esters is 2. The van der Waals surface area contributed by atoms with Crippen LogP contribution in [-0.2, 0) is 35.0 Å². The van der Waals surface area contributed by atoms with E-state index < -0.39 is 30.3 Å². The average Bonchev–Trinajstić information content (AvgIpc) is 2.65. The van der Waals surface area contributed by atoms with Crippen molar-refractivity contribution in [2.45, 2.75) is 6.42 Å². The van der Waals surface area contributed by atoms with Crippen LogP contribution in [0.1, 0.15) is 15.9 Å². The van der Waals surface area contributed by atoms with Crippen molar-refractivity contribution in [3.63, 3.8) is 0 Å². The molecule has 0 bridgehead atoms. The highest BCUT2D eigenvalue weighted by Crippen LogP contribution is 2.28. The number of methoxy groups -OCH3 is 2. The molecule has 0 fully saturated rings. The summed E-state index contributed by atoms with van der Waals surface area (Å²) in [5, 5.41) is 18.3. The molecule has 1 aliphatic heterocycles. The van der Waals surface area contributed by atoms with Crippen LogP contribution in [0.15, 0.2) is 29.5 Å². The Hall–Kier alpha value is -3.40. The first-order chi connectivity index (χ1) is 12.8. The number of ether oxygens (including phenoxy) is 3. The van der Waals surface area contributed by atoms with Gasteiger partial charge in [0.2, 0.25) is 0 Å². The number of carbonyl (C=O) groups is 4. The van der Waals surface area contributed by atoms with Gasteiger partial charge in [-0.3, -0.25) is 4.79 Å². The van der Waals surface area contributed by atoms with Gasteiger partial charge in [-0.05, 0) is 17.7 Å². The number of hydrogen-bond acceptors (Lipinski definition) is 8. The number of aliphatic carboxylic acids is 1. The predicted octanol–water partition coefficient (Wildman–Crippen LogP) is 0.406. The Kier molecular flexibility index (Phi) is 6.14. The normalized spacial score (nSPS) is 13.9. The zero-order valence-electron chi connectivity index (χ0n) is 14.6. The number of carboxylic acid groups (broad SMARTS) is 2. The van der Waals surface area contributed by atoms with Crippen LogP contribution >= 0.6 is 0 Å². The maximum absolute atomic E-state index is 12.2. The summed E-state index contributed by atoms with van der Waals surface area (Å²) in [6.45, 7) is -0.335. The van der Waals surface area contributed by atoms with Gasteiger partial charge >= 0.3 is 23.9 Å². The van der Waals surface area contributed by atoms with Crippen LogP contribution in [0, 0.1) is 0 Å². The molecule has 0 aromatic heterocycles. The molecule has 144 valence electrons. The zero-order chi connectivity index (χ0) is 20.1. The number of carbonyl (C=O) groups excluding carboxylic acids is 2. The molecule has 0 spiro atoms.